The molecule has 30 heavy (non-hydrogen) atoms. The van der Waals surface area contributed by atoms with E-state index in [1.807, 2.05) is 42.7 Å². The SMILES string of the molecule is CN1CCN(c2cnc(-c3cccc(Cn4nc(C5CC5)ccc4=O)c3)nc2)CC1. The first-order valence-corrected chi connectivity index (χ1v) is 10.6. The highest BCUT2D eigenvalue weighted by Gasteiger charge is 2.25. The Bertz CT molecular complexity index is 1080. The number of nitrogens with zero attached hydrogens (tertiary/aromatic N) is 6. The standard InChI is InChI=1S/C23H26N6O/c1-27-9-11-28(12-10-27)20-14-24-23(25-15-20)19-4-2-3-17(13-19)16-29-22(30)8-7-21(26-29)18-5-6-18/h2-4,7-8,13-15,18H,5-6,9-12,16H2,1H3. The van der Waals surface area contributed by atoms with E-state index in [1.54, 1.807) is 10.7 Å². The molecule has 1 saturated carbocycles. The van der Waals surface area contributed by atoms with Gasteiger partial charge in [-0.1, -0.05) is 18.2 Å². The van der Waals surface area contributed by atoms with E-state index in [0.717, 1.165) is 48.7 Å². The molecule has 0 radical (unpaired) electrons. The van der Waals surface area contributed by atoms with Crippen LogP contribution in [0, 0.1) is 0 Å². The summed E-state index contributed by atoms with van der Waals surface area (Å²) in [6.07, 6.45) is 6.15. The molecule has 7 nitrogen and oxygen atoms in total. The molecule has 1 aliphatic carbocycles. The van der Waals surface area contributed by atoms with Gasteiger partial charge in [-0.05, 0) is 37.6 Å². The van der Waals surface area contributed by atoms with Crippen LogP contribution in [-0.2, 0) is 6.54 Å². The van der Waals surface area contributed by atoms with E-state index >= 15 is 0 Å². The first-order chi connectivity index (χ1) is 14.7. The molecule has 0 unspecified atom stereocenters. The second-order valence-corrected chi connectivity index (χ2v) is 8.28. The van der Waals surface area contributed by atoms with Crippen LogP contribution in [0.2, 0.25) is 0 Å². The highest BCUT2D eigenvalue weighted by molar-refractivity contribution is 5.57. The molecule has 0 bridgehead atoms. The molecular formula is C23H26N6O. The second-order valence-electron chi connectivity index (χ2n) is 8.28. The van der Waals surface area contributed by atoms with Gasteiger partial charge in [-0.3, -0.25) is 4.79 Å². The molecule has 7 heteroatoms. The lowest BCUT2D eigenvalue weighted by atomic mass is 10.1. The Kier molecular flexibility index (Phi) is 5.04. The number of hydrogen-bond donors (Lipinski definition) is 0. The Morgan fingerprint density at radius 1 is 1.00 bits per heavy atom. The van der Waals surface area contributed by atoms with Crippen molar-refractivity contribution >= 4 is 5.69 Å². The van der Waals surface area contributed by atoms with Crippen molar-refractivity contribution in [3.05, 3.63) is 70.4 Å². The van der Waals surface area contributed by atoms with Gasteiger partial charge in [-0.15, -0.1) is 0 Å². The topological polar surface area (TPSA) is 67.2 Å². The minimum atomic E-state index is -0.0717. The molecule has 0 atom stereocenters. The van der Waals surface area contributed by atoms with Crippen LogP contribution in [0.3, 0.4) is 0 Å². The molecule has 0 amide bonds. The summed E-state index contributed by atoms with van der Waals surface area (Å²) in [5.74, 6) is 1.22. The number of hydrogen-bond acceptors (Lipinski definition) is 6. The van der Waals surface area contributed by atoms with Crippen LogP contribution in [-0.4, -0.2) is 57.9 Å². The van der Waals surface area contributed by atoms with Gasteiger partial charge in [0, 0.05) is 43.7 Å². The molecule has 1 aromatic carbocycles. The number of likely N-dealkylation sites (N-methyl/N-ethyl adjacent to an activating group) is 1. The fraction of sp³-hybridized carbons (Fsp3) is 0.391. The maximum Gasteiger partial charge on any atom is 0.267 e. The Morgan fingerprint density at radius 2 is 1.77 bits per heavy atom. The van der Waals surface area contributed by atoms with Gasteiger partial charge in [0.2, 0.25) is 0 Å². The van der Waals surface area contributed by atoms with Gasteiger partial charge in [-0.25, -0.2) is 14.6 Å². The third-order valence-corrected chi connectivity index (χ3v) is 5.91. The minimum Gasteiger partial charge on any atom is -0.366 e. The zero-order valence-corrected chi connectivity index (χ0v) is 17.2. The monoisotopic (exact) mass is 402 g/mol. The van der Waals surface area contributed by atoms with Crippen molar-refractivity contribution in [2.24, 2.45) is 0 Å². The molecule has 3 aromatic rings. The van der Waals surface area contributed by atoms with Crippen LogP contribution in [0.1, 0.15) is 30.0 Å². The van der Waals surface area contributed by atoms with Crippen LogP contribution >= 0.6 is 0 Å². The number of anilines is 1. The largest absolute Gasteiger partial charge is 0.366 e. The van der Waals surface area contributed by atoms with Crippen LogP contribution in [0.5, 0.6) is 0 Å². The minimum absolute atomic E-state index is 0.0717. The number of rotatable bonds is 5. The van der Waals surface area contributed by atoms with Crippen LogP contribution in [0.15, 0.2) is 53.6 Å². The van der Waals surface area contributed by atoms with Crippen LogP contribution in [0.4, 0.5) is 5.69 Å². The van der Waals surface area contributed by atoms with Gasteiger partial charge >= 0.3 is 0 Å². The number of benzene rings is 1. The maximum atomic E-state index is 12.2. The molecule has 0 spiro atoms. The van der Waals surface area contributed by atoms with Gasteiger partial charge in [0.05, 0.1) is 30.3 Å². The van der Waals surface area contributed by atoms with Gasteiger partial charge in [0.25, 0.3) is 5.56 Å². The third kappa shape index (κ3) is 4.11. The van der Waals surface area contributed by atoms with E-state index in [4.69, 9.17) is 0 Å². The number of aromatic nitrogens is 4. The summed E-state index contributed by atoms with van der Waals surface area (Å²) in [6.45, 7) is 4.55. The maximum absolute atomic E-state index is 12.2. The summed E-state index contributed by atoms with van der Waals surface area (Å²) in [5.41, 5.74) is 3.98. The van der Waals surface area contributed by atoms with E-state index in [0.29, 0.717) is 18.3 Å². The highest BCUT2D eigenvalue weighted by atomic mass is 16.1. The summed E-state index contributed by atoms with van der Waals surface area (Å²) >= 11 is 0. The normalized spacial score (nSPS) is 17.3. The first kappa shape index (κ1) is 18.9. The lowest BCUT2D eigenvalue weighted by molar-refractivity contribution is 0.312. The van der Waals surface area contributed by atoms with Gasteiger partial charge in [-0.2, -0.15) is 5.10 Å². The summed E-state index contributed by atoms with van der Waals surface area (Å²) in [7, 11) is 2.15. The Hall–Kier alpha value is -3.06. The summed E-state index contributed by atoms with van der Waals surface area (Å²) in [4.78, 5) is 26.1. The second kappa shape index (κ2) is 7.99. The summed E-state index contributed by atoms with van der Waals surface area (Å²) in [5, 5.41) is 4.56. The van der Waals surface area contributed by atoms with E-state index in [1.165, 1.54) is 12.8 Å². The van der Waals surface area contributed by atoms with E-state index in [9.17, 15) is 4.79 Å². The van der Waals surface area contributed by atoms with E-state index < -0.39 is 0 Å². The van der Waals surface area contributed by atoms with Gasteiger partial charge in [0.15, 0.2) is 5.82 Å². The molecule has 2 aliphatic rings. The average molecular weight is 403 g/mol. The van der Waals surface area contributed by atoms with E-state index in [2.05, 4.69) is 31.9 Å². The summed E-state index contributed by atoms with van der Waals surface area (Å²) < 4.78 is 1.56. The smallest absolute Gasteiger partial charge is 0.267 e. The fourth-order valence-electron chi connectivity index (χ4n) is 3.85. The molecule has 5 rings (SSSR count). The molecule has 0 N–H and O–H groups in total. The quantitative estimate of drug-likeness (QED) is 0.653. The van der Waals surface area contributed by atoms with Crippen molar-refractivity contribution < 1.29 is 0 Å². The van der Waals surface area contributed by atoms with Crippen molar-refractivity contribution in [2.45, 2.75) is 25.3 Å². The highest BCUT2D eigenvalue weighted by Crippen LogP contribution is 2.38. The van der Waals surface area contributed by atoms with Crippen LogP contribution in [0.25, 0.3) is 11.4 Å². The Morgan fingerprint density at radius 3 is 2.50 bits per heavy atom. The molecule has 154 valence electrons. The van der Waals surface area contributed by atoms with Crippen molar-refractivity contribution in [3.63, 3.8) is 0 Å². The Labute approximate surface area is 176 Å². The van der Waals surface area contributed by atoms with Crippen molar-refractivity contribution in [3.8, 4) is 11.4 Å². The molecule has 3 heterocycles. The fourth-order valence-corrected chi connectivity index (χ4v) is 3.85. The van der Waals surface area contributed by atoms with E-state index in [-0.39, 0.29) is 5.56 Å². The molecule has 1 aliphatic heterocycles. The summed E-state index contributed by atoms with van der Waals surface area (Å²) in [6, 6.07) is 11.5. The zero-order valence-electron chi connectivity index (χ0n) is 17.2. The zero-order chi connectivity index (χ0) is 20.5. The molecule has 2 aromatic heterocycles. The predicted molar refractivity (Wildman–Crippen MR) is 117 cm³/mol. The van der Waals surface area contributed by atoms with Crippen molar-refractivity contribution in [1.29, 1.82) is 0 Å². The molecular weight excluding hydrogens is 376 g/mol. The van der Waals surface area contributed by atoms with Crippen LogP contribution < -0.4 is 10.5 Å². The predicted octanol–water partition coefficient (Wildman–Crippen LogP) is 2.38. The van der Waals surface area contributed by atoms with Gasteiger partial charge < -0.3 is 9.80 Å². The third-order valence-electron chi connectivity index (χ3n) is 5.91. The first-order valence-electron chi connectivity index (χ1n) is 10.6. The lowest BCUT2D eigenvalue weighted by Gasteiger charge is -2.33. The molecule has 1 saturated heterocycles. The lowest BCUT2D eigenvalue weighted by Crippen LogP contribution is -2.44. The van der Waals surface area contributed by atoms with Crippen molar-refractivity contribution in [2.75, 3.05) is 38.1 Å². The molecule has 2 fully saturated rings. The number of piperazine rings is 1. The Balaban J connectivity index is 1.34. The van der Waals surface area contributed by atoms with Gasteiger partial charge in [0.1, 0.15) is 0 Å². The average Bonchev–Trinajstić information content (AvgIpc) is 3.62. The van der Waals surface area contributed by atoms with Crippen molar-refractivity contribution in [1.82, 2.24) is 24.6 Å².